The molecule has 3 heterocycles. The fourth-order valence-corrected chi connectivity index (χ4v) is 3.36. The average molecular weight is 279 g/mol. The number of anilines is 1. The topological polar surface area (TPSA) is 63.1 Å². The number of likely N-dealkylation sites (tertiary alicyclic amines) is 1. The van der Waals surface area contributed by atoms with Crippen molar-refractivity contribution in [1.29, 1.82) is 0 Å². The molecule has 0 bridgehead atoms. The van der Waals surface area contributed by atoms with Gasteiger partial charge in [-0.3, -0.25) is 4.79 Å². The Morgan fingerprint density at radius 2 is 2.32 bits per heavy atom. The van der Waals surface area contributed by atoms with Crippen LogP contribution in [0.1, 0.15) is 18.5 Å². The molecule has 0 radical (unpaired) electrons. The minimum Gasteiger partial charge on any atom is -0.360 e. The van der Waals surface area contributed by atoms with Crippen LogP contribution in [-0.2, 0) is 11.8 Å². The van der Waals surface area contributed by atoms with Gasteiger partial charge in [0, 0.05) is 33.1 Å². The first-order valence-electron chi connectivity index (χ1n) is 6.47. The summed E-state index contributed by atoms with van der Waals surface area (Å²) in [4.78, 5) is 17.9. The van der Waals surface area contributed by atoms with Crippen LogP contribution < -0.4 is 5.32 Å². The van der Waals surface area contributed by atoms with E-state index in [9.17, 15) is 4.79 Å². The molecule has 1 N–H and O–H groups in total. The van der Waals surface area contributed by atoms with Crippen LogP contribution in [0.15, 0.2) is 0 Å². The lowest BCUT2D eigenvalue weighted by molar-refractivity contribution is -0.127. The van der Waals surface area contributed by atoms with Crippen molar-refractivity contribution < 1.29 is 4.79 Å². The lowest BCUT2D eigenvalue weighted by Crippen LogP contribution is -2.29. The van der Waals surface area contributed by atoms with Crippen molar-refractivity contribution in [2.45, 2.75) is 19.8 Å². The van der Waals surface area contributed by atoms with Gasteiger partial charge in [-0.2, -0.15) is 5.10 Å². The number of carbonyl (C=O) groups is 1. The van der Waals surface area contributed by atoms with Crippen molar-refractivity contribution in [3.63, 3.8) is 0 Å². The van der Waals surface area contributed by atoms with Crippen molar-refractivity contribution in [2.75, 3.05) is 25.0 Å². The van der Waals surface area contributed by atoms with Gasteiger partial charge in [-0.05, 0) is 13.3 Å². The number of thiazole rings is 1. The van der Waals surface area contributed by atoms with Gasteiger partial charge in [0.05, 0.1) is 10.4 Å². The number of rotatable bonds is 4. The summed E-state index contributed by atoms with van der Waals surface area (Å²) in [5.74, 6) is 0.270. The maximum atomic E-state index is 11.5. The Hall–Kier alpha value is -1.63. The predicted octanol–water partition coefficient (Wildman–Crippen LogP) is 1.37. The molecule has 7 heteroatoms. The van der Waals surface area contributed by atoms with Crippen LogP contribution in [0.3, 0.4) is 0 Å². The summed E-state index contributed by atoms with van der Waals surface area (Å²) in [6.07, 6.45) is 1.69. The average Bonchev–Trinajstić information content (AvgIpc) is 3.01. The number of aromatic nitrogens is 3. The van der Waals surface area contributed by atoms with E-state index in [0.717, 1.165) is 47.2 Å². The molecule has 102 valence electrons. The zero-order valence-electron chi connectivity index (χ0n) is 11.1. The van der Waals surface area contributed by atoms with Gasteiger partial charge in [0.15, 0.2) is 10.8 Å². The van der Waals surface area contributed by atoms with Crippen molar-refractivity contribution >= 4 is 32.7 Å². The summed E-state index contributed by atoms with van der Waals surface area (Å²) in [6.45, 7) is 4.39. The lowest BCUT2D eigenvalue weighted by atomic mass is 10.4. The second-order valence-corrected chi connectivity index (χ2v) is 5.79. The Kier molecular flexibility index (Phi) is 3.14. The Morgan fingerprint density at radius 1 is 1.47 bits per heavy atom. The summed E-state index contributed by atoms with van der Waals surface area (Å²) >= 11 is 1.62. The fraction of sp³-hybridized carbons (Fsp3) is 0.583. The monoisotopic (exact) mass is 279 g/mol. The molecule has 0 unspecified atom stereocenters. The molecular formula is C12H17N5OS. The number of hydrogen-bond donors (Lipinski definition) is 1. The molecule has 0 spiro atoms. The molecular weight excluding hydrogens is 262 g/mol. The molecule has 19 heavy (non-hydrogen) atoms. The van der Waals surface area contributed by atoms with E-state index in [0.29, 0.717) is 6.42 Å². The number of hydrogen-bond acceptors (Lipinski definition) is 5. The van der Waals surface area contributed by atoms with Crippen molar-refractivity contribution in [2.24, 2.45) is 7.05 Å². The third kappa shape index (κ3) is 2.30. The summed E-state index contributed by atoms with van der Waals surface area (Å²) in [7, 11) is 1.90. The van der Waals surface area contributed by atoms with Gasteiger partial charge in [0.2, 0.25) is 5.91 Å². The molecule has 2 aromatic rings. The zero-order chi connectivity index (χ0) is 13.4. The van der Waals surface area contributed by atoms with Crippen LogP contribution in [0.5, 0.6) is 0 Å². The summed E-state index contributed by atoms with van der Waals surface area (Å²) in [5.41, 5.74) is 1.93. The number of nitrogens with zero attached hydrogens (tertiary/aromatic N) is 4. The normalized spacial score (nSPS) is 15.7. The van der Waals surface area contributed by atoms with Crippen LogP contribution >= 0.6 is 11.3 Å². The molecule has 1 aliphatic rings. The summed E-state index contributed by atoms with van der Waals surface area (Å²) in [6, 6.07) is 0. The van der Waals surface area contributed by atoms with Crippen LogP contribution in [0.4, 0.5) is 5.13 Å². The highest BCUT2D eigenvalue weighted by Crippen LogP contribution is 2.27. The molecule has 1 aliphatic heterocycles. The summed E-state index contributed by atoms with van der Waals surface area (Å²) in [5, 5.41) is 8.52. The van der Waals surface area contributed by atoms with Gasteiger partial charge in [-0.15, -0.1) is 0 Å². The molecule has 0 aliphatic carbocycles. The fourth-order valence-electron chi connectivity index (χ4n) is 2.40. The van der Waals surface area contributed by atoms with E-state index in [-0.39, 0.29) is 5.91 Å². The van der Waals surface area contributed by atoms with Crippen molar-refractivity contribution in [3.05, 3.63) is 5.69 Å². The highest BCUT2D eigenvalue weighted by molar-refractivity contribution is 7.22. The van der Waals surface area contributed by atoms with Crippen molar-refractivity contribution in [1.82, 2.24) is 19.7 Å². The first kappa shape index (κ1) is 12.4. The van der Waals surface area contributed by atoms with Gasteiger partial charge < -0.3 is 10.2 Å². The number of carbonyl (C=O) groups excluding carboxylic acids is 1. The Balaban J connectivity index is 1.62. The molecule has 2 aromatic heterocycles. The van der Waals surface area contributed by atoms with E-state index in [1.165, 1.54) is 0 Å². The van der Waals surface area contributed by atoms with E-state index >= 15 is 0 Å². The number of aryl methyl sites for hydroxylation is 2. The first-order valence-corrected chi connectivity index (χ1v) is 7.28. The maximum absolute atomic E-state index is 11.5. The molecule has 1 fully saturated rings. The maximum Gasteiger partial charge on any atom is 0.222 e. The standard InChI is InChI=1S/C12H17N5OS/c1-8-10-11(16(2)15-8)14-12(19-10)13-5-7-17-6-3-4-9(17)18/h3-7H2,1-2H3,(H,13,14). The van der Waals surface area contributed by atoms with E-state index in [4.69, 9.17) is 0 Å². The van der Waals surface area contributed by atoms with Gasteiger partial charge in [0.1, 0.15) is 0 Å². The van der Waals surface area contributed by atoms with Crippen LogP contribution in [0, 0.1) is 6.92 Å². The van der Waals surface area contributed by atoms with Gasteiger partial charge in [-0.25, -0.2) is 9.67 Å². The van der Waals surface area contributed by atoms with Gasteiger partial charge >= 0.3 is 0 Å². The third-order valence-corrected chi connectivity index (χ3v) is 4.48. The highest BCUT2D eigenvalue weighted by atomic mass is 32.1. The number of fused-ring (bicyclic) bond motifs is 1. The smallest absolute Gasteiger partial charge is 0.222 e. The minimum atomic E-state index is 0.270. The zero-order valence-corrected chi connectivity index (χ0v) is 12.0. The minimum absolute atomic E-state index is 0.270. The lowest BCUT2D eigenvalue weighted by Gasteiger charge is -2.15. The van der Waals surface area contributed by atoms with Crippen LogP contribution in [0.25, 0.3) is 10.3 Å². The SMILES string of the molecule is Cc1nn(C)c2nc(NCCN3CCCC3=O)sc12. The quantitative estimate of drug-likeness (QED) is 0.918. The Morgan fingerprint density at radius 3 is 3.00 bits per heavy atom. The molecule has 6 nitrogen and oxygen atoms in total. The summed E-state index contributed by atoms with van der Waals surface area (Å²) < 4.78 is 2.93. The molecule has 0 saturated carbocycles. The largest absolute Gasteiger partial charge is 0.360 e. The second-order valence-electron chi connectivity index (χ2n) is 4.79. The molecule has 3 rings (SSSR count). The van der Waals surface area contributed by atoms with Crippen LogP contribution in [0.2, 0.25) is 0 Å². The molecule has 0 atom stereocenters. The Labute approximate surface area is 115 Å². The predicted molar refractivity (Wildman–Crippen MR) is 75.4 cm³/mol. The third-order valence-electron chi connectivity index (χ3n) is 3.37. The van der Waals surface area contributed by atoms with Crippen LogP contribution in [-0.4, -0.2) is 45.2 Å². The van der Waals surface area contributed by atoms with E-state index in [1.54, 1.807) is 16.0 Å². The van der Waals surface area contributed by atoms with E-state index in [1.807, 2.05) is 18.9 Å². The molecule has 1 saturated heterocycles. The highest BCUT2D eigenvalue weighted by Gasteiger charge is 2.19. The number of amides is 1. The van der Waals surface area contributed by atoms with Crippen molar-refractivity contribution in [3.8, 4) is 0 Å². The van der Waals surface area contributed by atoms with E-state index in [2.05, 4.69) is 15.4 Å². The molecule has 1 amide bonds. The van der Waals surface area contributed by atoms with Gasteiger partial charge in [-0.1, -0.05) is 11.3 Å². The molecule has 0 aromatic carbocycles. The number of nitrogens with one attached hydrogen (secondary N) is 1. The Bertz CT molecular complexity index is 582. The second kappa shape index (κ2) is 4.80. The van der Waals surface area contributed by atoms with E-state index < -0.39 is 0 Å². The first-order chi connectivity index (χ1) is 9.15. The van der Waals surface area contributed by atoms with Gasteiger partial charge in [0.25, 0.3) is 0 Å².